The van der Waals surface area contributed by atoms with Crippen molar-refractivity contribution in [2.24, 2.45) is 17.6 Å². The molecule has 50 heavy (non-hydrogen) atoms. The predicted molar refractivity (Wildman–Crippen MR) is 182 cm³/mol. The Labute approximate surface area is 290 Å². The van der Waals surface area contributed by atoms with Crippen molar-refractivity contribution in [1.82, 2.24) is 26.6 Å². The van der Waals surface area contributed by atoms with Crippen molar-refractivity contribution in [1.29, 1.82) is 0 Å². The summed E-state index contributed by atoms with van der Waals surface area (Å²) in [4.78, 5) is 99.4. The number of carbonyl (C=O) groups excluding carboxylic acids is 7. The summed E-state index contributed by atoms with van der Waals surface area (Å²) in [6.45, 7) is 14.3. The zero-order valence-electron chi connectivity index (χ0n) is 29.9. The van der Waals surface area contributed by atoms with E-state index in [1.54, 1.807) is 48.5 Å². The molecule has 0 spiro atoms. The van der Waals surface area contributed by atoms with Gasteiger partial charge in [-0.15, -0.1) is 0 Å². The Morgan fingerprint density at radius 1 is 0.720 bits per heavy atom. The first kappa shape index (κ1) is 42.7. The minimum atomic E-state index is -1.27. The number of alkyl carbamates (subject to hydrolysis) is 1. The molecule has 0 aliphatic heterocycles. The summed E-state index contributed by atoms with van der Waals surface area (Å²) in [5.74, 6) is -5.20. The van der Waals surface area contributed by atoms with Crippen molar-refractivity contribution in [3.63, 3.8) is 0 Å². The third kappa shape index (κ3) is 14.9. The van der Waals surface area contributed by atoms with E-state index in [9.17, 15) is 43.7 Å². The van der Waals surface area contributed by atoms with E-state index in [1.807, 2.05) is 0 Å². The van der Waals surface area contributed by atoms with Crippen molar-refractivity contribution in [3.8, 4) is 0 Å². The molecule has 1 rings (SSSR count). The molecule has 0 saturated carbocycles. The molecule has 18 heteroatoms. The molecule has 0 fully saturated rings. The Hall–Kier alpha value is -5.29. The lowest BCUT2D eigenvalue weighted by atomic mass is 9.99. The van der Waals surface area contributed by atoms with Crippen LogP contribution >= 0.6 is 0 Å². The molecule has 18 nitrogen and oxygen atoms in total. The van der Waals surface area contributed by atoms with Gasteiger partial charge in [-0.3, -0.25) is 38.9 Å². The topological polar surface area (TPSA) is 270 Å². The number of nitro groups is 1. The normalized spacial score (nSPS) is 14.2. The second kappa shape index (κ2) is 19.0. The average Bonchev–Trinajstić information content (AvgIpc) is 2.98. The fourth-order valence-corrected chi connectivity index (χ4v) is 4.26. The number of nitrogens with two attached hydrogens (primary N) is 1. The van der Waals surface area contributed by atoms with E-state index < -0.39 is 94.1 Å². The third-order valence-electron chi connectivity index (χ3n) is 7.03. The number of anilines is 1. The molecule has 1 aromatic rings. The third-order valence-corrected chi connectivity index (χ3v) is 7.03. The van der Waals surface area contributed by atoms with Gasteiger partial charge in [0.1, 0.15) is 35.8 Å². The van der Waals surface area contributed by atoms with Gasteiger partial charge in [-0.1, -0.05) is 27.7 Å². The summed E-state index contributed by atoms with van der Waals surface area (Å²) < 4.78 is 5.21. The van der Waals surface area contributed by atoms with Gasteiger partial charge in [0.2, 0.25) is 35.4 Å². The standard InChI is InChI=1S/C32H50N8O10/c1-16(2)24(29(45)35-18(5)26(42)34-19(6)27(43)36-20-10-12-21(13-11-20)40(48)49)39-30(46)25(17(3)4)38-28(44)22(14-15-23(33)41)37-31(47)50-32(7,8)9/h10-13,16-19,22,24-25H,14-15H2,1-9H3,(H2,33,41)(H,34,42)(H,35,45)(H,36,43)(H,37,47)(H,38,44)(H,39,46)/t18-,19-,22-,24+,25-/m0/s1. The molecule has 0 bridgehead atoms. The minimum absolute atomic E-state index is 0.160. The van der Waals surface area contributed by atoms with Crippen LogP contribution in [0.15, 0.2) is 24.3 Å². The van der Waals surface area contributed by atoms with Gasteiger partial charge < -0.3 is 42.4 Å². The van der Waals surface area contributed by atoms with Crippen LogP contribution in [0.25, 0.3) is 0 Å². The highest BCUT2D eigenvalue weighted by Gasteiger charge is 2.34. The van der Waals surface area contributed by atoms with Crippen LogP contribution < -0.4 is 37.6 Å². The molecule has 0 aromatic heterocycles. The molecular formula is C32H50N8O10. The quantitative estimate of drug-likeness (QED) is 0.0891. The van der Waals surface area contributed by atoms with E-state index in [4.69, 9.17) is 10.5 Å². The summed E-state index contributed by atoms with van der Waals surface area (Å²) in [6, 6.07) is -0.679. The monoisotopic (exact) mass is 706 g/mol. The first-order chi connectivity index (χ1) is 23.0. The van der Waals surface area contributed by atoms with Crippen LogP contribution in [0.2, 0.25) is 0 Å². The number of amides is 7. The second-order valence-electron chi connectivity index (χ2n) is 13.4. The minimum Gasteiger partial charge on any atom is -0.444 e. The molecule has 8 N–H and O–H groups in total. The summed E-state index contributed by atoms with van der Waals surface area (Å²) >= 11 is 0. The molecule has 0 aliphatic carbocycles. The van der Waals surface area contributed by atoms with E-state index in [0.29, 0.717) is 0 Å². The van der Waals surface area contributed by atoms with Crippen molar-refractivity contribution < 1.29 is 43.2 Å². The van der Waals surface area contributed by atoms with E-state index in [0.717, 1.165) is 0 Å². The Morgan fingerprint density at radius 2 is 1.18 bits per heavy atom. The van der Waals surface area contributed by atoms with Gasteiger partial charge in [-0.25, -0.2) is 4.79 Å². The summed E-state index contributed by atoms with van der Waals surface area (Å²) in [7, 11) is 0. The fraction of sp³-hybridized carbons (Fsp3) is 0.594. The maximum atomic E-state index is 13.4. The number of rotatable bonds is 17. The maximum Gasteiger partial charge on any atom is 0.408 e. The van der Waals surface area contributed by atoms with E-state index >= 15 is 0 Å². The SMILES string of the molecule is CC(C)[C@H](NC(=O)[C@H](CCC(N)=O)NC(=O)OC(C)(C)C)C(=O)N[C@@H](C(=O)N[C@@H](C)C(=O)N[C@@H](C)C(=O)Nc1ccc([N+](=O)[O-])cc1)C(C)C. The van der Waals surface area contributed by atoms with E-state index in [2.05, 4.69) is 31.9 Å². The number of primary amides is 1. The van der Waals surface area contributed by atoms with Crippen LogP contribution in [0.3, 0.4) is 0 Å². The average molecular weight is 707 g/mol. The Bertz CT molecular complexity index is 1410. The zero-order valence-corrected chi connectivity index (χ0v) is 29.9. The molecule has 5 atom stereocenters. The number of benzene rings is 1. The second-order valence-corrected chi connectivity index (χ2v) is 13.4. The molecule has 7 amide bonds. The lowest BCUT2D eigenvalue weighted by Gasteiger charge is -2.29. The van der Waals surface area contributed by atoms with Crippen LogP contribution in [-0.4, -0.2) is 82.3 Å². The van der Waals surface area contributed by atoms with Gasteiger partial charge >= 0.3 is 6.09 Å². The number of ether oxygens (including phenoxy) is 1. The van der Waals surface area contributed by atoms with Gasteiger partial charge in [0.15, 0.2) is 0 Å². The van der Waals surface area contributed by atoms with Gasteiger partial charge in [0.25, 0.3) is 5.69 Å². The Balaban J connectivity index is 2.93. The predicted octanol–water partition coefficient (Wildman–Crippen LogP) is 0.983. The first-order valence-corrected chi connectivity index (χ1v) is 16.1. The van der Waals surface area contributed by atoms with E-state index in [1.165, 1.54) is 38.1 Å². The number of nitrogens with one attached hydrogen (secondary N) is 6. The Morgan fingerprint density at radius 3 is 1.64 bits per heavy atom. The molecule has 0 aliphatic rings. The van der Waals surface area contributed by atoms with Crippen molar-refractivity contribution >= 4 is 52.9 Å². The number of non-ortho nitro benzene ring substituents is 1. The maximum absolute atomic E-state index is 13.4. The van der Waals surface area contributed by atoms with Crippen molar-refractivity contribution in [2.45, 2.75) is 111 Å². The van der Waals surface area contributed by atoms with Gasteiger partial charge in [-0.2, -0.15) is 0 Å². The molecule has 0 radical (unpaired) electrons. The highest BCUT2D eigenvalue weighted by Crippen LogP contribution is 2.16. The first-order valence-electron chi connectivity index (χ1n) is 16.1. The smallest absolute Gasteiger partial charge is 0.408 e. The summed E-state index contributed by atoms with van der Waals surface area (Å²) in [5, 5.41) is 25.9. The number of carbonyl (C=O) groups is 7. The molecular weight excluding hydrogens is 656 g/mol. The van der Waals surface area contributed by atoms with Gasteiger partial charge in [0, 0.05) is 24.2 Å². The van der Waals surface area contributed by atoms with Crippen LogP contribution in [0, 0.1) is 22.0 Å². The van der Waals surface area contributed by atoms with Crippen LogP contribution in [0.4, 0.5) is 16.2 Å². The molecule has 1 aromatic carbocycles. The fourth-order valence-electron chi connectivity index (χ4n) is 4.26. The summed E-state index contributed by atoms with van der Waals surface area (Å²) in [6.07, 6.45) is -1.32. The molecule has 0 saturated heterocycles. The van der Waals surface area contributed by atoms with Crippen LogP contribution in [0.5, 0.6) is 0 Å². The zero-order chi connectivity index (χ0) is 38.5. The lowest BCUT2D eigenvalue weighted by Crippen LogP contribution is -2.60. The van der Waals surface area contributed by atoms with Crippen molar-refractivity contribution in [2.75, 3.05) is 5.32 Å². The molecule has 278 valence electrons. The molecule has 0 heterocycles. The van der Waals surface area contributed by atoms with Crippen molar-refractivity contribution in [3.05, 3.63) is 34.4 Å². The number of hydrogen-bond donors (Lipinski definition) is 7. The largest absolute Gasteiger partial charge is 0.444 e. The summed E-state index contributed by atoms with van der Waals surface area (Å²) in [5.41, 5.74) is 4.48. The number of nitro benzene ring substituents is 1. The van der Waals surface area contributed by atoms with E-state index in [-0.39, 0.29) is 24.2 Å². The highest BCUT2D eigenvalue weighted by molar-refractivity contribution is 5.99. The van der Waals surface area contributed by atoms with Gasteiger partial charge in [0.05, 0.1) is 4.92 Å². The highest BCUT2D eigenvalue weighted by atomic mass is 16.6. The Kier molecular flexibility index (Phi) is 16.3. The number of nitrogens with zero attached hydrogens (tertiary/aromatic N) is 1. The lowest BCUT2D eigenvalue weighted by molar-refractivity contribution is -0.384. The number of hydrogen-bond acceptors (Lipinski definition) is 10. The van der Waals surface area contributed by atoms with Crippen LogP contribution in [0.1, 0.15) is 75.2 Å². The van der Waals surface area contributed by atoms with Gasteiger partial charge in [-0.05, 0) is 65.0 Å². The molecule has 0 unspecified atom stereocenters. The van der Waals surface area contributed by atoms with Crippen LogP contribution in [-0.2, 0) is 33.5 Å².